The van der Waals surface area contributed by atoms with Crippen molar-refractivity contribution >= 4 is 33.2 Å². The van der Waals surface area contributed by atoms with Crippen molar-refractivity contribution in [2.24, 2.45) is 0 Å². The fourth-order valence-corrected chi connectivity index (χ4v) is 2.22. The second-order valence-corrected chi connectivity index (χ2v) is 5.12. The Hall–Kier alpha value is -1.66. The Morgan fingerprint density at radius 1 is 1.20 bits per heavy atom. The summed E-state index contributed by atoms with van der Waals surface area (Å²) in [5.74, 6) is 0.125. The minimum Gasteiger partial charge on any atom is -0.457 e. The Balaban J connectivity index is 2.34. The smallest absolute Gasteiger partial charge is 0.274 e. The van der Waals surface area contributed by atoms with Gasteiger partial charge in [-0.2, -0.15) is 0 Å². The number of halogens is 3. The summed E-state index contributed by atoms with van der Waals surface area (Å²) in [5.41, 5.74) is 0.439. The van der Waals surface area contributed by atoms with E-state index in [1.54, 1.807) is 12.1 Å². The Morgan fingerprint density at radius 3 is 2.55 bits per heavy atom. The molecule has 0 aliphatic carbocycles. The van der Waals surface area contributed by atoms with Crippen LogP contribution in [0.3, 0.4) is 0 Å². The van der Waals surface area contributed by atoms with Crippen LogP contribution in [0.15, 0.2) is 40.9 Å². The van der Waals surface area contributed by atoms with Crippen molar-refractivity contribution in [3.8, 4) is 11.5 Å². The van der Waals surface area contributed by atoms with Crippen molar-refractivity contribution in [2.45, 2.75) is 5.88 Å². The molecular formula is C13H8BrClFNO3. The highest BCUT2D eigenvalue weighted by atomic mass is 79.9. The standard InChI is InChI=1S/C13H8BrClFNO3/c14-9-3-11(17(18)19)6-13(4-9)20-12-2-8(7-15)1-10(16)5-12/h1-6H,7H2. The maximum atomic E-state index is 13.3. The van der Waals surface area contributed by atoms with Crippen LogP contribution in [-0.2, 0) is 5.88 Å². The number of hydrogen-bond donors (Lipinski definition) is 0. The SMILES string of the molecule is O=[N+]([O-])c1cc(Br)cc(Oc2cc(F)cc(CCl)c2)c1. The molecule has 0 bridgehead atoms. The number of rotatable bonds is 4. The van der Waals surface area contributed by atoms with Crippen molar-refractivity contribution in [1.29, 1.82) is 0 Å². The minimum absolute atomic E-state index is 0.122. The van der Waals surface area contributed by atoms with Crippen LogP contribution in [0.4, 0.5) is 10.1 Å². The van der Waals surface area contributed by atoms with Crippen LogP contribution in [0.2, 0.25) is 0 Å². The molecule has 2 rings (SSSR count). The largest absolute Gasteiger partial charge is 0.457 e. The molecule has 0 unspecified atom stereocenters. The van der Waals surface area contributed by atoms with Crippen molar-refractivity contribution in [3.63, 3.8) is 0 Å². The summed E-state index contributed by atoms with van der Waals surface area (Å²) >= 11 is 8.80. The van der Waals surface area contributed by atoms with Crippen molar-refractivity contribution in [2.75, 3.05) is 0 Å². The number of nitro benzene ring substituents is 1. The molecule has 0 N–H and O–H groups in total. The zero-order chi connectivity index (χ0) is 14.7. The average Bonchev–Trinajstić information content (AvgIpc) is 2.37. The topological polar surface area (TPSA) is 52.4 Å². The molecule has 0 heterocycles. The molecule has 0 amide bonds. The highest BCUT2D eigenvalue weighted by Crippen LogP contribution is 2.30. The Bertz CT molecular complexity index is 666. The maximum absolute atomic E-state index is 13.3. The molecule has 0 aliphatic heterocycles. The number of alkyl halides is 1. The zero-order valence-corrected chi connectivity index (χ0v) is 12.3. The molecule has 7 heteroatoms. The number of nitro groups is 1. The Kier molecular flexibility index (Phi) is 4.57. The number of hydrogen-bond acceptors (Lipinski definition) is 3. The summed E-state index contributed by atoms with van der Waals surface area (Å²) in [5, 5.41) is 10.8. The molecule has 0 aromatic heterocycles. The van der Waals surface area contributed by atoms with Crippen LogP contribution >= 0.6 is 27.5 Å². The van der Waals surface area contributed by atoms with Gasteiger partial charge in [0.2, 0.25) is 0 Å². The highest BCUT2D eigenvalue weighted by molar-refractivity contribution is 9.10. The number of non-ortho nitro benzene ring substituents is 1. The Labute approximate surface area is 127 Å². The van der Waals surface area contributed by atoms with E-state index in [9.17, 15) is 14.5 Å². The summed E-state index contributed by atoms with van der Waals surface area (Å²) < 4.78 is 19.3. The molecule has 4 nitrogen and oxygen atoms in total. The first-order chi connectivity index (χ1) is 9.47. The van der Waals surface area contributed by atoms with Gasteiger partial charge < -0.3 is 4.74 Å². The van der Waals surface area contributed by atoms with E-state index in [4.69, 9.17) is 16.3 Å². The van der Waals surface area contributed by atoms with Gasteiger partial charge in [0.1, 0.15) is 17.3 Å². The summed E-state index contributed by atoms with van der Waals surface area (Å²) in [4.78, 5) is 10.2. The predicted octanol–water partition coefficient (Wildman–Crippen LogP) is 5.03. The summed E-state index contributed by atoms with van der Waals surface area (Å²) in [7, 11) is 0. The fourth-order valence-electron chi connectivity index (χ4n) is 1.61. The monoisotopic (exact) mass is 359 g/mol. The summed E-state index contributed by atoms with van der Waals surface area (Å²) in [6.07, 6.45) is 0. The fraction of sp³-hybridized carbons (Fsp3) is 0.0769. The van der Waals surface area contributed by atoms with Crippen LogP contribution in [0.1, 0.15) is 5.56 Å². The van der Waals surface area contributed by atoms with E-state index in [2.05, 4.69) is 15.9 Å². The van der Waals surface area contributed by atoms with E-state index in [0.717, 1.165) is 0 Å². The van der Waals surface area contributed by atoms with Gasteiger partial charge >= 0.3 is 0 Å². The van der Waals surface area contributed by atoms with Gasteiger partial charge in [-0.05, 0) is 23.8 Å². The van der Waals surface area contributed by atoms with E-state index in [0.29, 0.717) is 10.0 Å². The summed E-state index contributed by atoms with van der Waals surface area (Å²) in [6, 6.07) is 8.21. The molecule has 0 fully saturated rings. The van der Waals surface area contributed by atoms with Gasteiger partial charge in [-0.15, -0.1) is 11.6 Å². The van der Waals surface area contributed by atoms with Crippen molar-refractivity contribution < 1.29 is 14.1 Å². The molecule has 104 valence electrons. The molecule has 0 aliphatic rings. The summed E-state index contributed by atoms with van der Waals surface area (Å²) in [6.45, 7) is 0. The highest BCUT2D eigenvalue weighted by Gasteiger charge is 2.11. The van der Waals surface area contributed by atoms with Gasteiger partial charge in [0.15, 0.2) is 0 Å². The van der Waals surface area contributed by atoms with Crippen LogP contribution in [-0.4, -0.2) is 4.92 Å². The van der Waals surface area contributed by atoms with Gasteiger partial charge in [0.25, 0.3) is 5.69 Å². The third-order valence-corrected chi connectivity index (χ3v) is 3.15. The first-order valence-corrected chi connectivity index (χ1v) is 6.79. The maximum Gasteiger partial charge on any atom is 0.274 e. The lowest BCUT2D eigenvalue weighted by Gasteiger charge is -2.08. The third-order valence-electron chi connectivity index (χ3n) is 2.39. The number of ether oxygens (including phenoxy) is 1. The lowest BCUT2D eigenvalue weighted by atomic mass is 10.2. The average molecular weight is 361 g/mol. The molecule has 0 saturated heterocycles. The predicted molar refractivity (Wildman–Crippen MR) is 76.8 cm³/mol. The van der Waals surface area contributed by atoms with E-state index >= 15 is 0 Å². The van der Waals surface area contributed by atoms with Gasteiger partial charge in [-0.25, -0.2) is 4.39 Å². The van der Waals surface area contributed by atoms with E-state index in [1.165, 1.54) is 24.3 Å². The van der Waals surface area contributed by atoms with Gasteiger partial charge in [0.05, 0.1) is 11.0 Å². The third kappa shape index (κ3) is 3.68. The normalized spacial score (nSPS) is 10.3. The van der Waals surface area contributed by atoms with Crippen LogP contribution in [0, 0.1) is 15.9 Å². The lowest BCUT2D eigenvalue weighted by Crippen LogP contribution is -1.92. The van der Waals surface area contributed by atoms with E-state index in [-0.39, 0.29) is 23.1 Å². The molecule has 20 heavy (non-hydrogen) atoms. The zero-order valence-electron chi connectivity index (χ0n) is 9.98. The van der Waals surface area contributed by atoms with Crippen LogP contribution in [0.5, 0.6) is 11.5 Å². The molecule has 2 aromatic rings. The van der Waals surface area contributed by atoms with Crippen LogP contribution < -0.4 is 4.74 Å². The quantitative estimate of drug-likeness (QED) is 0.436. The molecular weight excluding hydrogens is 353 g/mol. The lowest BCUT2D eigenvalue weighted by molar-refractivity contribution is -0.385. The second kappa shape index (κ2) is 6.19. The number of benzene rings is 2. The van der Waals surface area contributed by atoms with E-state index < -0.39 is 10.7 Å². The van der Waals surface area contributed by atoms with Crippen molar-refractivity contribution in [3.05, 3.63) is 62.4 Å². The second-order valence-electron chi connectivity index (χ2n) is 3.93. The molecule has 0 radical (unpaired) electrons. The van der Waals surface area contributed by atoms with Crippen LogP contribution in [0.25, 0.3) is 0 Å². The minimum atomic E-state index is -0.534. The first-order valence-electron chi connectivity index (χ1n) is 5.46. The van der Waals surface area contributed by atoms with Crippen molar-refractivity contribution in [1.82, 2.24) is 0 Å². The number of nitrogens with zero attached hydrogens (tertiary/aromatic N) is 1. The molecule has 0 spiro atoms. The van der Waals surface area contributed by atoms with Gasteiger partial charge in [-0.3, -0.25) is 10.1 Å². The van der Waals surface area contributed by atoms with Gasteiger partial charge in [-0.1, -0.05) is 15.9 Å². The first kappa shape index (κ1) is 14.7. The van der Waals surface area contributed by atoms with Gasteiger partial charge in [0, 0.05) is 22.5 Å². The van der Waals surface area contributed by atoms with E-state index in [1.807, 2.05) is 0 Å². The Morgan fingerprint density at radius 2 is 1.90 bits per heavy atom. The molecule has 0 atom stereocenters. The molecule has 2 aromatic carbocycles. The molecule has 0 saturated carbocycles.